The molecule has 1 amide bonds. The molecule has 0 atom stereocenters. The molecule has 3 rings (SSSR count). The first-order valence-electron chi connectivity index (χ1n) is 10.4. The van der Waals surface area contributed by atoms with Crippen LogP contribution in [0.25, 0.3) is 0 Å². The summed E-state index contributed by atoms with van der Waals surface area (Å²) in [6.45, 7) is 9.86. The number of carboxylic acid groups (broad SMARTS) is 1. The van der Waals surface area contributed by atoms with Crippen LogP contribution in [0.15, 0.2) is 30.5 Å². The fourth-order valence-corrected chi connectivity index (χ4v) is 4.04. The van der Waals surface area contributed by atoms with E-state index in [4.69, 9.17) is 0 Å². The van der Waals surface area contributed by atoms with Crippen molar-refractivity contribution in [2.75, 3.05) is 18.4 Å². The van der Waals surface area contributed by atoms with Gasteiger partial charge in [0.2, 0.25) is 5.91 Å². The molecule has 0 saturated carbocycles. The quantitative estimate of drug-likeness (QED) is 0.742. The van der Waals surface area contributed by atoms with Gasteiger partial charge in [-0.05, 0) is 69.0 Å². The summed E-state index contributed by atoms with van der Waals surface area (Å²) in [6, 6.07) is 7.94. The molecule has 1 aliphatic heterocycles. The number of nitrogens with zero attached hydrogens (tertiary/aromatic N) is 2. The minimum atomic E-state index is -0.992. The number of carbonyl (C=O) groups is 2. The maximum absolute atomic E-state index is 12.5. The molecule has 1 aromatic heterocycles. The molecule has 2 heterocycles. The summed E-state index contributed by atoms with van der Waals surface area (Å²) in [6.07, 6.45) is 4.34. The zero-order valence-electron chi connectivity index (χ0n) is 17.6. The Hall–Kier alpha value is -2.60. The van der Waals surface area contributed by atoms with Gasteiger partial charge in [0.1, 0.15) is 0 Å². The lowest BCUT2D eigenvalue weighted by molar-refractivity contribution is -0.115. The van der Waals surface area contributed by atoms with Crippen LogP contribution in [-0.4, -0.2) is 39.5 Å². The Morgan fingerprint density at radius 3 is 2.41 bits per heavy atom. The van der Waals surface area contributed by atoms with E-state index in [1.54, 1.807) is 13.1 Å². The van der Waals surface area contributed by atoms with E-state index in [0.29, 0.717) is 17.8 Å². The molecule has 1 saturated heterocycles. The number of carbonyl (C=O) groups excluding carboxylic acids is 1. The molecule has 0 unspecified atom stereocenters. The van der Waals surface area contributed by atoms with Gasteiger partial charge in [-0.25, -0.2) is 4.79 Å². The van der Waals surface area contributed by atoms with Gasteiger partial charge in [0, 0.05) is 30.7 Å². The van der Waals surface area contributed by atoms with E-state index in [0.717, 1.165) is 31.2 Å². The second kappa shape index (κ2) is 9.27. The Morgan fingerprint density at radius 2 is 1.83 bits per heavy atom. The number of amides is 1. The molecule has 1 fully saturated rings. The third-order valence-electron chi connectivity index (χ3n) is 5.78. The van der Waals surface area contributed by atoms with Crippen LogP contribution in [0.2, 0.25) is 0 Å². The second-order valence-electron chi connectivity index (χ2n) is 8.11. The van der Waals surface area contributed by atoms with E-state index in [1.807, 2.05) is 23.6 Å². The van der Waals surface area contributed by atoms with Crippen molar-refractivity contribution in [2.45, 2.75) is 53.1 Å². The van der Waals surface area contributed by atoms with E-state index in [1.165, 1.54) is 18.4 Å². The van der Waals surface area contributed by atoms with Gasteiger partial charge in [-0.15, -0.1) is 0 Å². The minimum absolute atomic E-state index is 0.0387. The molecule has 0 spiro atoms. The zero-order chi connectivity index (χ0) is 21.0. The molecule has 29 heavy (non-hydrogen) atoms. The summed E-state index contributed by atoms with van der Waals surface area (Å²) >= 11 is 0. The Kier molecular flexibility index (Phi) is 6.75. The molecule has 2 N–H and O–H groups in total. The van der Waals surface area contributed by atoms with Crippen LogP contribution in [0.4, 0.5) is 5.69 Å². The number of aryl methyl sites for hydroxylation is 2. The summed E-state index contributed by atoms with van der Waals surface area (Å²) in [4.78, 5) is 26.6. The van der Waals surface area contributed by atoms with Crippen LogP contribution in [0.5, 0.6) is 0 Å². The van der Waals surface area contributed by atoms with Crippen molar-refractivity contribution in [3.8, 4) is 0 Å². The standard InChI is InChI=1S/C23H31N3O3/c1-4-26-14-17(3)22(23(28)29)20(26)13-21(27)24-19-7-5-18(6-8-19)15-25-11-9-16(2)10-12-25/h5-8,14,16H,4,9-13,15H2,1-3H3,(H,24,27)(H,28,29). The number of hydrogen-bond donors (Lipinski definition) is 2. The fraction of sp³-hybridized carbons (Fsp3) is 0.478. The number of nitrogens with one attached hydrogen (secondary N) is 1. The Labute approximate surface area is 172 Å². The monoisotopic (exact) mass is 397 g/mol. The van der Waals surface area contributed by atoms with Crippen molar-refractivity contribution in [1.29, 1.82) is 0 Å². The molecule has 0 bridgehead atoms. The number of rotatable bonds is 7. The molecule has 6 heteroatoms. The number of carboxylic acids is 1. The maximum Gasteiger partial charge on any atom is 0.337 e. The van der Waals surface area contributed by atoms with E-state index >= 15 is 0 Å². The Bertz CT molecular complexity index is 862. The van der Waals surface area contributed by atoms with Crippen molar-refractivity contribution in [1.82, 2.24) is 9.47 Å². The van der Waals surface area contributed by atoms with Gasteiger partial charge in [0.25, 0.3) is 0 Å². The highest BCUT2D eigenvalue weighted by atomic mass is 16.4. The van der Waals surface area contributed by atoms with Crippen LogP contribution in [0, 0.1) is 12.8 Å². The molecular formula is C23H31N3O3. The molecule has 1 aliphatic rings. The average Bonchev–Trinajstić information content (AvgIpc) is 3.00. The summed E-state index contributed by atoms with van der Waals surface area (Å²) < 4.78 is 1.83. The van der Waals surface area contributed by atoms with Gasteiger partial charge in [0.05, 0.1) is 12.0 Å². The zero-order valence-corrected chi connectivity index (χ0v) is 17.6. The van der Waals surface area contributed by atoms with Crippen LogP contribution in [0.1, 0.15) is 53.9 Å². The number of aromatic carboxylic acids is 1. The van der Waals surface area contributed by atoms with Crippen molar-refractivity contribution < 1.29 is 14.7 Å². The highest BCUT2D eigenvalue weighted by Gasteiger charge is 2.21. The molecule has 1 aromatic carbocycles. The molecule has 2 aromatic rings. The van der Waals surface area contributed by atoms with Crippen LogP contribution in [0.3, 0.4) is 0 Å². The molecule has 0 aliphatic carbocycles. The Balaban J connectivity index is 1.61. The van der Waals surface area contributed by atoms with Crippen molar-refractivity contribution in [3.05, 3.63) is 52.8 Å². The second-order valence-corrected chi connectivity index (χ2v) is 8.11. The summed E-state index contributed by atoms with van der Waals surface area (Å²) in [5, 5.41) is 12.4. The molecule has 6 nitrogen and oxygen atoms in total. The van der Waals surface area contributed by atoms with Crippen LogP contribution in [-0.2, 0) is 24.3 Å². The number of aromatic nitrogens is 1. The third-order valence-corrected chi connectivity index (χ3v) is 5.78. The van der Waals surface area contributed by atoms with E-state index in [9.17, 15) is 14.7 Å². The van der Waals surface area contributed by atoms with Gasteiger partial charge >= 0.3 is 5.97 Å². The largest absolute Gasteiger partial charge is 0.478 e. The van der Waals surface area contributed by atoms with Gasteiger partial charge < -0.3 is 15.0 Å². The lowest BCUT2D eigenvalue weighted by Crippen LogP contribution is -2.32. The number of benzene rings is 1. The van der Waals surface area contributed by atoms with Gasteiger partial charge in [-0.1, -0.05) is 19.1 Å². The van der Waals surface area contributed by atoms with E-state index in [-0.39, 0.29) is 17.9 Å². The molecule has 156 valence electrons. The summed E-state index contributed by atoms with van der Waals surface area (Å²) in [5.41, 5.74) is 3.42. The fourth-order valence-electron chi connectivity index (χ4n) is 4.04. The smallest absolute Gasteiger partial charge is 0.337 e. The number of piperidine rings is 1. The molecule has 0 radical (unpaired) electrons. The van der Waals surface area contributed by atoms with Crippen LogP contribution >= 0.6 is 0 Å². The average molecular weight is 398 g/mol. The topological polar surface area (TPSA) is 74.6 Å². The highest BCUT2D eigenvalue weighted by Crippen LogP contribution is 2.20. The van der Waals surface area contributed by atoms with E-state index < -0.39 is 5.97 Å². The predicted molar refractivity (Wildman–Crippen MR) is 114 cm³/mol. The van der Waals surface area contributed by atoms with Crippen molar-refractivity contribution in [3.63, 3.8) is 0 Å². The van der Waals surface area contributed by atoms with Gasteiger partial charge in [-0.2, -0.15) is 0 Å². The van der Waals surface area contributed by atoms with Crippen molar-refractivity contribution in [2.24, 2.45) is 5.92 Å². The lowest BCUT2D eigenvalue weighted by atomic mass is 9.99. The van der Waals surface area contributed by atoms with Crippen LogP contribution < -0.4 is 5.32 Å². The normalized spacial score (nSPS) is 15.4. The summed E-state index contributed by atoms with van der Waals surface area (Å²) in [7, 11) is 0. The first kappa shape index (κ1) is 21.1. The molecular weight excluding hydrogens is 366 g/mol. The first-order valence-corrected chi connectivity index (χ1v) is 10.4. The SMILES string of the molecule is CCn1cc(C)c(C(=O)O)c1CC(=O)Nc1ccc(CN2CCC(C)CC2)cc1. The third kappa shape index (κ3) is 5.26. The number of anilines is 1. The first-order chi connectivity index (χ1) is 13.9. The minimum Gasteiger partial charge on any atom is -0.478 e. The lowest BCUT2D eigenvalue weighted by Gasteiger charge is -2.30. The van der Waals surface area contributed by atoms with Crippen molar-refractivity contribution >= 4 is 17.6 Å². The highest BCUT2D eigenvalue weighted by molar-refractivity contribution is 5.96. The van der Waals surface area contributed by atoms with E-state index in [2.05, 4.69) is 29.3 Å². The van der Waals surface area contributed by atoms with Gasteiger partial charge in [-0.3, -0.25) is 9.69 Å². The Morgan fingerprint density at radius 1 is 1.17 bits per heavy atom. The van der Waals surface area contributed by atoms with Gasteiger partial charge in [0.15, 0.2) is 0 Å². The number of hydrogen-bond acceptors (Lipinski definition) is 3. The number of likely N-dealkylation sites (tertiary alicyclic amines) is 1. The predicted octanol–water partition coefficient (Wildman–Crippen LogP) is 3.93. The summed E-state index contributed by atoms with van der Waals surface area (Å²) in [5.74, 6) is -0.380. The maximum atomic E-state index is 12.5.